The zero-order valence-electron chi connectivity index (χ0n) is 20.7. The van der Waals surface area contributed by atoms with Gasteiger partial charge in [-0.15, -0.1) is 11.3 Å². The van der Waals surface area contributed by atoms with Crippen molar-refractivity contribution in [1.29, 1.82) is 5.41 Å². The number of benzene rings is 2. The Morgan fingerprint density at radius 2 is 1.97 bits per heavy atom. The molecule has 0 bridgehead atoms. The van der Waals surface area contributed by atoms with Crippen LogP contribution in [0.25, 0.3) is 10.1 Å². The van der Waals surface area contributed by atoms with Crippen molar-refractivity contribution in [2.75, 3.05) is 11.9 Å². The number of aromatic nitrogens is 2. The van der Waals surface area contributed by atoms with Crippen molar-refractivity contribution in [3.63, 3.8) is 0 Å². The first kappa shape index (κ1) is 25.2. The minimum atomic E-state index is -0.562. The van der Waals surface area contributed by atoms with Crippen LogP contribution in [0.5, 0.6) is 5.75 Å². The summed E-state index contributed by atoms with van der Waals surface area (Å²) in [5.74, 6) is 0.656. The summed E-state index contributed by atoms with van der Waals surface area (Å²) in [6.45, 7) is 6.77. The molecule has 188 valence electrons. The number of amides is 1. The third-order valence-corrected chi connectivity index (χ3v) is 7.06. The van der Waals surface area contributed by atoms with Gasteiger partial charge in [0.25, 0.3) is 0 Å². The number of carbonyl (C=O) groups is 1. The number of ether oxygens (including phenoxy) is 2. The number of hydrogen-bond acceptors (Lipinski definition) is 6. The Balaban J connectivity index is 1.51. The summed E-state index contributed by atoms with van der Waals surface area (Å²) < 4.78 is 14.9. The van der Waals surface area contributed by atoms with Gasteiger partial charge in [-0.2, -0.15) is 5.10 Å². The second-order valence-electron chi connectivity index (χ2n) is 8.56. The minimum absolute atomic E-state index is 0.0119. The summed E-state index contributed by atoms with van der Waals surface area (Å²) in [4.78, 5) is 13.4. The molecule has 2 aromatic heterocycles. The van der Waals surface area contributed by atoms with Gasteiger partial charge in [0.05, 0.1) is 22.0 Å². The summed E-state index contributed by atoms with van der Waals surface area (Å²) in [6, 6.07) is 17.2. The van der Waals surface area contributed by atoms with Crippen molar-refractivity contribution in [2.45, 2.75) is 46.3 Å². The molecule has 0 saturated carbocycles. The largest absolute Gasteiger partial charge is 0.481 e. The van der Waals surface area contributed by atoms with Gasteiger partial charge in [0.1, 0.15) is 18.2 Å². The molecule has 4 rings (SSSR count). The van der Waals surface area contributed by atoms with Crippen molar-refractivity contribution in [2.24, 2.45) is 5.73 Å². The van der Waals surface area contributed by atoms with Crippen molar-refractivity contribution < 1.29 is 14.3 Å². The third kappa shape index (κ3) is 5.68. The molecule has 4 N–H and O–H groups in total. The normalized spacial score (nSPS) is 11.9. The number of hydrogen-bond donors (Lipinski definition) is 3. The van der Waals surface area contributed by atoms with Gasteiger partial charge in [-0.3, -0.25) is 15.4 Å². The van der Waals surface area contributed by atoms with Crippen LogP contribution in [0.3, 0.4) is 0 Å². The van der Waals surface area contributed by atoms with Crippen LogP contribution in [0, 0.1) is 19.3 Å². The molecule has 0 spiro atoms. The van der Waals surface area contributed by atoms with Gasteiger partial charge in [0.15, 0.2) is 6.10 Å². The number of amidine groups is 1. The average molecular weight is 506 g/mol. The molecule has 1 atom stereocenters. The maximum absolute atomic E-state index is 12.8. The standard InChI is InChI=1S/C27H31N5O3S/c1-4-5-14-32-18(3)25(17(2)31-32)30-27(33)34-16-22(19-10-7-6-8-11-19)35-21-12-9-13-23-20(21)15-24(36-23)26(28)29/h6-13,15,22H,4-5,14,16H2,1-3H3,(H3,28,29)(H,30,33). The predicted octanol–water partition coefficient (Wildman–Crippen LogP) is 6.17. The van der Waals surface area contributed by atoms with E-state index in [2.05, 4.69) is 17.3 Å². The molecular weight excluding hydrogens is 474 g/mol. The topological polar surface area (TPSA) is 115 Å². The van der Waals surface area contributed by atoms with Gasteiger partial charge in [0, 0.05) is 16.6 Å². The molecule has 36 heavy (non-hydrogen) atoms. The van der Waals surface area contributed by atoms with E-state index in [-0.39, 0.29) is 12.4 Å². The lowest BCUT2D eigenvalue weighted by Gasteiger charge is -2.20. The Bertz CT molecular complexity index is 1360. The third-order valence-electron chi connectivity index (χ3n) is 5.93. The molecule has 1 amide bonds. The number of fused-ring (bicyclic) bond motifs is 1. The van der Waals surface area contributed by atoms with Crippen molar-refractivity contribution >= 4 is 39.0 Å². The lowest BCUT2D eigenvalue weighted by atomic mass is 10.1. The van der Waals surface area contributed by atoms with Crippen LogP contribution in [0.15, 0.2) is 54.6 Å². The molecule has 9 heteroatoms. The van der Waals surface area contributed by atoms with Crippen LogP contribution >= 0.6 is 11.3 Å². The summed E-state index contributed by atoms with van der Waals surface area (Å²) in [5.41, 5.74) is 8.90. The lowest BCUT2D eigenvalue weighted by molar-refractivity contribution is 0.0910. The maximum Gasteiger partial charge on any atom is 0.411 e. The molecular formula is C27H31N5O3S. The fraction of sp³-hybridized carbons (Fsp3) is 0.296. The second-order valence-corrected chi connectivity index (χ2v) is 9.64. The molecule has 0 saturated heterocycles. The van der Waals surface area contributed by atoms with Gasteiger partial charge in [-0.1, -0.05) is 49.7 Å². The molecule has 1 unspecified atom stereocenters. The maximum atomic E-state index is 12.8. The monoisotopic (exact) mass is 505 g/mol. The van der Waals surface area contributed by atoms with Crippen molar-refractivity contribution in [3.05, 3.63) is 76.4 Å². The smallest absolute Gasteiger partial charge is 0.411 e. The van der Waals surface area contributed by atoms with E-state index in [1.807, 2.05) is 73.1 Å². The van der Waals surface area contributed by atoms with Crippen LogP contribution in [0.2, 0.25) is 0 Å². The number of nitrogen functional groups attached to an aromatic ring is 1. The summed E-state index contributed by atoms with van der Waals surface area (Å²) in [6.07, 6.45) is 0.998. The molecule has 2 aromatic carbocycles. The van der Waals surface area contributed by atoms with Crippen LogP contribution < -0.4 is 15.8 Å². The number of unbranched alkanes of at least 4 members (excludes halogenated alkanes) is 1. The number of rotatable bonds is 10. The quantitative estimate of drug-likeness (QED) is 0.176. The molecule has 0 radical (unpaired) electrons. The first-order valence-electron chi connectivity index (χ1n) is 11.9. The SMILES string of the molecule is CCCCn1nc(C)c(NC(=O)OCC(Oc2cccc3sc(C(=N)N)cc23)c2ccccc2)c1C. The number of nitrogens with one attached hydrogen (secondary N) is 2. The highest BCUT2D eigenvalue weighted by atomic mass is 32.1. The van der Waals surface area contributed by atoms with Gasteiger partial charge in [0.2, 0.25) is 0 Å². The Morgan fingerprint density at radius 3 is 2.69 bits per heavy atom. The number of nitrogens with zero attached hydrogens (tertiary/aromatic N) is 2. The Labute approximate surface area is 214 Å². The van der Waals surface area contributed by atoms with Crippen LogP contribution in [-0.4, -0.2) is 28.3 Å². The average Bonchev–Trinajstić information content (AvgIpc) is 3.43. The van der Waals surface area contributed by atoms with E-state index in [0.717, 1.165) is 46.4 Å². The number of anilines is 1. The first-order valence-corrected chi connectivity index (χ1v) is 12.7. The van der Waals surface area contributed by atoms with Crippen LogP contribution in [0.4, 0.5) is 10.5 Å². The summed E-state index contributed by atoms with van der Waals surface area (Å²) >= 11 is 1.44. The first-order chi connectivity index (χ1) is 17.4. The Hall–Kier alpha value is -3.85. The van der Waals surface area contributed by atoms with Crippen molar-refractivity contribution in [3.8, 4) is 5.75 Å². The number of nitrogens with two attached hydrogens (primary N) is 1. The zero-order valence-corrected chi connectivity index (χ0v) is 21.5. The highest BCUT2D eigenvalue weighted by molar-refractivity contribution is 7.20. The minimum Gasteiger partial charge on any atom is -0.481 e. The summed E-state index contributed by atoms with van der Waals surface area (Å²) in [7, 11) is 0. The molecule has 2 heterocycles. The fourth-order valence-corrected chi connectivity index (χ4v) is 4.92. The van der Waals surface area contributed by atoms with Gasteiger partial charge < -0.3 is 15.2 Å². The van der Waals surface area contributed by atoms with E-state index in [4.69, 9.17) is 20.6 Å². The molecule has 8 nitrogen and oxygen atoms in total. The highest BCUT2D eigenvalue weighted by Crippen LogP contribution is 2.35. The molecule has 0 aliphatic rings. The van der Waals surface area contributed by atoms with E-state index >= 15 is 0 Å². The van der Waals surface area contributed by atoms with Gasteiger partial charge in [-0.25, -0.2) is 4.79 Å². The predicted molar refractivity (Wildman–Crippen MR) is 144 cm³/mol. The number of thiophene rings is 1. The Kier molecular flexibility index (Phi) is 7.90. The van der Waals surface area contributed by atoms with E-state index in [9.17, 15) is 4.79 Å². The van der Waals surface area contributed by atoms with E-state index in [1.165, 1.54) is 11.3 Å². The fourth-order valence-electron chi connectivity index (χ4n) is 3.98. The highest BCUT2D eigenvalue weighted by Gasteiger charge is 2.20. The van der Waals surface area contributed by atoms with Gasteiger partial charge in [-0.05, 0) is 44.0 Å². The molecule has 4 aromatic rings. The molecule has 0 fully saturated rings. The molecule has 0 aliphatic heterocycles. The lowest BCUT2D eigenvalue weighted by Crippen LogP contribution is -2.21. The second kappa shape index (κ2) is 11.3. The molecule has 0 aliphatic carbocycles. The van der Waals surface area contributed by atoms with E-state index < -0.39 is 12.2 Å². The van der Waals surface area contributed by atoms with Crippen molar-refractivity contribution in [1.82, 2.24) is 9.78 Å². The Morgan fingerprint density at radius 1 is 1.19 bits per heavy atom. The van der Waals surface area contributed by atoms with Crippen LogP contribution in [-0.2, 0) is 11.3 Å². The van der Waals surface area contributed by atoms with E-state index in [0.29, 0.717) is 16.3 Å². The summed E-state index contributed by atoms with van der Waals surface area (Å²) in [5, 5.41) is 16.0. The zero-order chi connectivity index (χ0) is 25.7. The van der Waals surface area contributed by atoms with Crippen LogP contribution in [0.1, 0.15) is 47.7 Å². The van der Waals surface area contributed by atoms with Gasteiger partial charge >= 0.3 is 6.09 Å². The number of aryl methyl sites for hydroxylation is 2. The van der Waals surface area contributed by atoms with E-state index in [1.54, 1.807) is 0 Å². The number of carbonyl (C=O) groups excluding carboxylic acids is 1.